The molecule has 1 fully saturated rings. The number of piperidine rings is 1. The standard InChI is InChI=1S/C17H23N3O/c1-3-20-16(12-19-10-8-13(2)9-11-19)18-15-7-5-4-6-14(15)17(20)21/h4-7,13H,3,8-12H2,1-2H3. The van der Waals surface area contributed by atoms with Crippen molar-refractivity contribution in [1.82, 2.24) is 14.5 Å². The second-order valence-electron chi connectivity index (χ2n) is 6.05. The maximum absolute atomic E-state index is 12.6. The first-order valence-corrected chi connectivity index (χ1v) is 7.90. The quantitative estimate of drug-likeness (QED) is 0.870. The lowest BCUT2D eigenvalue weighted by molar-refractivity contribution is 0.179. The van der Waals surface area contributed by atoms with Gasteiger partial charge in [0.25, 0.3) is 5.56 Å². The highest BCUT2D eigenvalue weighted by atomic mass is 16.1. The number of hydrogen-bond acceptors (Lipinski definition) is 3. The van der Waals surface area contributed by atoms with Crippen LogP contribution in [0.25, 0.3) is 10.9 Å². The average Bonchev–Trinajstić information content (AvgIpc) is 2.50. The van der Waals surface area contributed by atoms with Gasteiger partial charge in [-0.25, -0.2) is 4.98 Å². The third kappa shape index (κ3) is 2.86. The third-order valence-electron chi connectivity index (χ3n) is 4.50. The van der Waals surface area contributed by atoms with Gasteiger partial charge in [-0.2, -0.15) is 0 Å². The molecule has 2 aromatic rings. The maximum Gasteiger partial charge on any atom is 0.261 e. The van der Waals surface area contributed by atoms with Crippen LogP contribution in [0.3, 0.4) is 0 Å². The molecular formula is C17H23N3O. The Morgan fingerprint density at radius 1 is 1.24 bits per heavy atom. The molecule has 2 heterocycles. The predicted octanol–water partition coefficient (Wildman–Crippen LogP) is 2.65. The zero-order valence-electron chi connectivity index (χ0n) is 12.9. The zero-order valence-corrected chi connectivity index (χ0v) is 12.9. The Bertz CT molecular complexity index is 684. The molecule has 21 heavy (non-hydrogen) atoms. The smallest absolute Gasteiger partial charge is 0.261 e. The molecule has 4 nitrogen and oxygen atoms in total. The Labute approximate surface area is 125 Å². The fraction of sp³-hybridized carbons (Fsp3) is 0.529. The summed E-state index contributed by atoms with van der Waals surface area (Å²) < 4.78 is 1.82. The molecular weight excluding hydrogens is 262 g/mol. The van der Waals surface area contributed by atoms with E-state index >= 15 is 0 Å². The fourth-order valence-corrected chi connectivity index (χ4v) is 3.08. The van der Waals surface area contributed by atoms with Gasteiger partial charge in [0.1, 0.15) is 5.82 Å². The van der Waals surface area contributed by atoms with Gasteiger partial charge in [0, 0.05) is 6.54 Å². The van der Waals surface area contributed by atoms with E-state index in [2.05, 4.69) is 11.8 Å². The number of rotatable bonds is 3. The van der Waals surface area contributed by atoms with E-state index in [1.54, 1.807) is 0 Å². The number of aromatic nitrogens is 2. The lowest BCUT2D eigenvalue weighted by atomic mass is 9.99. The molecule has 0 unspecified atom stereocenters. The number of hydrogen-bond donors (Lipinski definition) is 0. The van der Waals surface area contributed by atoms with Crippen LogP contribution in [-0.2, 0) is 13.1 Å². The first-order chi connectivity index (χ1) is 10.2. The number of para-hydroxylation sites is 1. The van der Waals surface area contributed by atoms with Crippen molar-refractivity contribution in [3.8, 4) is 0 Å². The summed E-state index contributed by atoms with van der Waals surface area (Å²) in [5.74, 6) is 1.72. The Kier molecular flexibility index (Phi) is 4.06. The van der Waals surface area contributed by atoms with Gasteiger partial charge >= 0.3 is 0 Å². The largest absolute Gasteiger partial charge is 0.296 e. The highest BCUT2D eigenvalue weighted by molar-refractivity contribution is 5.77. The Morgan fingerprint density at radius 2 is 1.95 bits per heavy atom. The van der Waals surface area contributed by atoms with E-state index in [1.165, 1.54) is 12.8 Å². The van der Waals surface area contributed by atoms with Crippen molar-refractivity contribution >= 4 is 10.9 Å². The average molecular weight is 285 g/mol. The van der Waals surface area contributed by atoms with Crippen molar-refractivity contribution in [3.05, 3.63) is 40.4 Å². The highest BCUT2D eigenvalue weighted by Crippen LogP contribution is 2.18. The van der Waals surface area contributed by atoms with E-state index < -0.39 is 0 Å². The molecule has 0 amide bonds. The van der Waals surface area contributed by atoms with Gasteiger partial charge in [-0.3, -0.25) is 14.3 Å². The second kappa shape index (κ2) is 5.98. The minimum Gasteiger partial charge on any atom is -0.296 e. The minimum absolute atomic E-state index is 0.0866. The first-order valence-electron chi connectivity index (χ1n) is 7.90. The predicted molar refractivity (Wildman–Crippen MR) is 85.4 cm³/mol. The topological polar surface area (TPSA) is 38.1 Å². The molecule has 3 rings (SSSR count). The van der Waals surface area contributed by atoms with Gasteiger partial charge < -0.3 is 0 Å². The normalized spacial score (nSPS) is 17.4. The number of likely N-dealkylation sites (tertiary alicyclic amines) is 1. The molecule has 0 saturated carbocycles. The van der Waals surface area contributed by atoms with E-state index in [0.29, 0.717) is 6.54 Å². The van der Waals surface area contributed by atoms with Crippen LogP contribution in [0.2, 0.25) is 0 Å². The molecule has 0 N–H and O–H groups in total. The Balaban J connectivity index is 1.95. The van der Waals surface area contributed by atoms with Crippen LogP contribution in [0.5, 0.6) is 0 Å². The second-order valence-corrected chi connectivity index (χ2v) is 6.05. The van der Waals surface area contributed by atoms with Gasteiger partial charge in [-0.1, -0.05) is 19.1 Å². The summed E-state index contributed by atoms with van der Waals surface area (Å²) >= 11 is 0. The summed E-state index contributed by atoms with van der Waals surface area (Å²) in [6.45, 7) is 7.99. The van der Waals surface area contributed by atoms with Crippen LogP contribution in [0, 0.1) is 5.92 Å². The van der Waals surface area contributed by atoms with Crippen molar-refractivity contribution in [2.45, 2.75) is 39.8 Å². The molecule has 112 valence electrons. The van der Waals surface area contributed by atoms with E-state index in [0.717, 1.165) is 42.3 Å². The molecule has 1 aliphatic rings. The van der Waals surface area contributed by atoms with Gasteiger partial charge in [0.05, 0.1) is 17.4 Å². The molecule has 1 saturated heterocycles. The summed E-state index contributed by atoms with van der Waals surface area (Å²) in [4.78, 5) is 19.7. The first kappa shape index (κ1) is 14.3. The number of nitrogens with zero attached hydrogens (tertiary/aromatic N) is 3. The van der Waals surface area contributed by atoms with Gasteiger partial charge in [0.2, 0.25) is 0 Å². The molecule has 0 atom stereocenters. The minimum atomic E-state index is 0.0866. The van der Waals surface area contributed by atoms with E-state index in [1.807, 2.05) is 35.8 Å². The molecule has 1 aromatic carbocycles. The summed E-state index contributed by atoms with van der Waals surface area (Å²) in [6.07, 6.45) is 2.48. The molecule has 0 spiro atoms. The molecule has 4 heteroatoms. The SMILES string of the molecule is CCn1c(CN2CCC(C)CC2)nc2ccccc2c1=O. The van der Waals surface area contributed by atoms with Crippen LogP contribution in [0.15, 0.2) is 29.1 Å². The number of fused-ring (bicyclic) bond motifs is 1. The van der Waals surface area contributed by atoms with Crippen molar-refractivity contribution in [3.63, 3.8) is 0 Å². The highest BCUT2D eigenvalue weighted by Gasteiger charge is 2.18. The molecule has 0 aliphatic carbocycles. The Hall–Kier alpha value is -1.68. The summed E-state index contributed by atoms with van der Waals surface area (Å²) in [5.41, 5.74) is 0.899. The van der Waals surface area contributed by atoms with E-state index in [4.69, 9.17) is 4.98 Å². The van der Waals surface area contributed by atoms with E-state index in [-0.39, 0.29) is 5.56 Å². The number of benzene rings is 1. The van der Waals surface area contributed by atoms with Crippen molar-refractivity contribution < 1.29 is 0 Å². The van der Waals surface area contributed by atoms with Crippen molar-refractivity contribution in [2.24, 2.45) is 5.92 Å². The van der Waals surface area contributed by atoms with Crippen LogP contribution in [0.4, 0.5) is 0 Å². The summed E-state index contributed by atoms with van der Waals surface area (Å²) in [6, 6.07) is 7.64. The van der Waals surface area contributed by atoms with Crippen molar-refractivity contribution in [1.29, 1.82) is 0 Å². The van der Waals surface area contributed by atoms with Crippen LogP contribution in [0.1, 0.15) is 32.5 Å². The van der Waals surface area contributed by atoms with Crippen LogP contribution < -0.4 is 5.56 Å². The lowest BCUT2D eigenvalue weighted by Gasteiger charge is -2.30. The van der Waals surface area contributed by atoms with Gasteiger partial charge in [0.15, 0.2) is 0 Å². The molecule has 1 aliphatic heterocycles. The third-order valence-corrected chi connectivity index (χ3v) is 4.50. The van der Waals surface area contributed by atoms with Crippen LogP contribution >= 0.6 is 0 Å². The van der Waals surface area contributed by atoms with Gasteiger partial charge in [-0.15, -0.1) is 0 Å². The zero-order chi connectivity index (χ0) is 14.8. The lowest BCUT2D eigenvalue weighted by Crippen LogP contribution is -2.35. The monoisotopic (exact) mass is 285 g/mol. The summed E-state index contributed by atoms with van der Waals surface area (Å²) in [7, 11) is 0. The maximum atomic E-state index is 12.6. The van der Waals surface area contributed by atoms with E-state index in [9.17, 15) is 4.79 Å². The summed E-state index contributed by atoms with van der Waals surface area (Å²) in [5, 5.41) is 0.718. The molecule has 1 aromatic heterocycles. The Morgan fingerprint density at radius 3 is 2.67 bits per heavy atom. The fourth-order valence-electron chi connectivity index (χ4n) is 3.08. The van der Waals surface area contributed by atoms with Crippen LogP contribution in [-0.4, -0.2) is 27.5 Å². The van der Waals surface area contributed by atoms with Gasteiger partial charge in [-0.05, 0) is 50.9 Å². The molecule has 0 radical (unpaired) electrons. The van der Waals surface area contributed by atoms with Crippen molar-refractivity contribution in [2.75, 3.05) is 13.1 Å². The molecule has 0 bridgehead atoms.